The highest BCUT2D eigenvalue weighted by atomic mass is 16.7. The van der Waals surface area contributed by atoms with Gasteiger partial charge in [0.05, 0.1) is 13.2 Å². The Morgan fingerprint density at radius 2 is 1.55 bits per heavy atom. The number of ether oxygens (including phenoxy) is 2. The van der Waals surface area contributed by atoms with Crippen molar-refractivity contribution in [1.29, 1.82) is 0 Å². The third-order valence-electron chi connectivity index (χ3n) is 3.37. The van der Waals surface area contributed by atoms with Crippen LogP contribution in [0.5, 0.6) is 17.2 Å². The Balaban J connectivity index is 2.22. The first-order valence-corrected chi connectivity index (χ1v) is 6.52. The molecule has 1 aliphatic heterocycles. The minimum absolute atomic E-state index is 0.233. The van der Waals surface area contributed by atoms with Gasteiger partial charge in [0, 0.05) is 0 Å². The Kier molecular flexibility index (Phi) is 5.06. The molecule has 9 heteroatoms. The van der Waals surface area contributed by atoms with Crippen molar-refractivity contribution in [2.45, 2.75) is 37.3 Å². The lowest BCUT2D eigenvalue weighted by Gasteiger charge is -2.39. The molecule has 9 nitrogen and oxygen atoms in total. The molecule has 1 aliphatic rings. The average Bonchev–Trinajstić information content (AvgIpc) is 2.50. The predicted molar refractivity (Wildman–Crippen MR) is 70.1 cm³/mol. The molecule has 22 heavy (non-hydrogen) atoms. The van der Waals surface area contributed by atoms with Gasteiger partial charge < -0.3 is 45.2 Å². The highest BCUT2D eigenvalue weighted by molar-refractivity contribution is 5.52. The summed E-state index contributed by atoms with van der Waals surface area (Å²) in [6.07, 6.45) is -7.57. The molecule has 0 aromatic heterocycles. The zero-order chi connectivity index (χ0) is 16.4. The summed E-state index contributed by atoms with van der Waals surface area (Å²) in [5, 5.41) is 66.7. The zero-order valence-electron chi connectivity index (χ0n) is 11.4. The summed E-state index contributed by atoms with van der Waals surface area (Å²) >= 11 is 0. The van der Waals surface area contributed by atoms with E-state index >= 15 is 0 Å². The molecule has 0 amide bonds. The molecule has 1 fully saturated rings. The van der Waals surface area contributed by atoms with Gasteiger partial charge in [-0.2, -0.15) is 0 Å². The molecule has 0 spiro atoms. The first-order chi connectivity index (χ1) is 10.4. The van der Waals surface area contributed by atoms with Crippen molar-refractivity contribution in [1.82, 2.24) is 0 Å². The van der Waals surface area contributed by atoms with E-state index in [2.05, 4.69) is 0 Å². The van der Waals surface area contributed by atoms with E-state index in [9.17, 15) is 25.5 Å². The van der Waals surface area contributed by atoms with E-state index in [4.69, 9.17) is 19.7 Å². The average molecular weight is 318 g/mol. The van der Waals surface area contributed by atoms with Crippen LogP contribution < -0.4 is 4.74 Å². The highest BCUT2D eigenvalue weighted by Gasteiger charge is 2.45. The van der Waals surface area contributed by atoms with Crippen molar-refractivity contribution in [3.63, 3.8) is 0 Å². The van der Waals surface area contributed by atoms with Crippen LogP contribution in [0.25, 0.3) is 0 Å². The maximum absolute atomic E-state index is 9.82. The second-order valence-electron chi connectivity index (χ2n) is 4.94. The lowest BCUT2D eigenvalue weighted by Crippen LogP contribution is -2.60. The molecule has 5 atom stereocenters. The molecule has 0 aliphatic carbocycles. The van der Waals surface area contributed by atoms with Crippen LogP contribution in [0.15, 0.2) is 12.1 Å². The minimum atomic E-state index is -1.67. The molecule has 7 N–H and O–H groups in total. The number of benzene rings is 1. The highest BCUT2D eigenvalue weighted by Crippen LogP contribution is 2.39. The lowest BCUT2D eigenvalue weighted by atomic mass is 9.99. The first-order valence-electron chi connectivity index (χ1n) is 6.52. The van der Waals surface area contributed by atoms with E-state index in [0.717, 1.165) is 12.1 Å². The SMILES string of the molecule is OCc1cc(O)c(O[C@@H]2O[C@H](CO)[C@@H](O)[C@@H](O)[C@H]2O)c(O)c1. The predicted octanol–water partition coefficient (Wildman–Crippen LogP) is -2.23. The van der Waals surface area contributed by atoms with Crippen molar-refractivity contribution in [3.8, 4) is 17.2 Å². The summed E-state index contributed by atoms with van der Waals surface area (Å²) in [5.41, 5.74) is 0.233. The number of hydrogen-bond donors (Lipinski definition) is 7. The first kappa shape index (κ1) is 16.7. The van der Waals surface area contributed by atoms with Gasteiger partial charge in [-0.15, -0.1) is 0 Å². The van der Waals surface area contributed by atoms with Crippen LogP contribution in [-0.2, 0) is 11.3 Å². The van der Waals surface area contributed by atoms with Crippen LogP contribution >= 0.6 is 0 Å². The molecule has 1 saturated heterocycles. The molecule has 2 rings (SSSR count). The fraction of sp³-hybridized carbons (Fsp3) is 0.538. The number of phenolic OH excluding ortho intramolecular Hbond substituents is 2. The molecule has 0 unspecified atom stereocenters. The van der Waals surface area contributed by atoms with E-state index < -0.39 is 61.2 Å². The van der Waals surface area contributed by atoms with Gasteiger partial charge in [0.1, 0.15) is 24.4 Å². The molecule has 1 aromatic rings. The second kappa shape index (κ2) is 6.65. The quantitative estimate of drug-likeness (QED) is 0.326. The molecule has 0 bridgehead atoms. The Hall–Kier alpha value is -1.62. The third-order valence-corrected chi connectivity index (χ3v) is 3.37. The van der Waals surface area contributed by atoms with Gasteiger partial charge in [-0.25, -0.2) is 0 Å². The van der Waals surface area contributed by atoms with Gasteiger partial charge >= 0.3 is 0 Å². The van der Waals surface area contributed by atoms with E-state index in [1.165, 1.54) is 0 Å². The monoisotopic (exact) mass is 318 g/mol. The van der Waals surface area contributed by atoms with Crippen LogP contribution in [0.1, 0.15) is 5.56 Å². The van der Waals surface area contributed by atoms with E-state index in [1.54, 1.807) is 0 Å². The zero-order valence-corrected chi connectivity index (χ0v) is 11.4. The second-order valence-corrected chi connectivity index (χ2v) is 4.94. The Labute approximate surface area is 125 Å². The number of aliphatic hydroxyl groups excluding tert-OH is 5. The lowest BCUT2D eigenvalue weighted by molar-refractivity contribution is -0.277. The van der Waals surface area contributed by atoms with Gasteiger partial charge in [-0.05, 0) is 17.7 Å². The molecule has 124 valence electrons. The molecule has 1 aromatic carbocycles. The van der Waals surface area contributed by atoms with E-state index in [-0.39, 0.29) is 5.56 Å². The van der Waals surface area contributed by atoms with Crippen LogP contribution in [0, 0.1) is 0 Å². The molecular weight excluding hydrogens is 300 g/mol. The van der Waals surface area contributed by atoms with Crippen molar-refractivity contribution < 1.29 is 45.2 Å². The van der Waals surface area contributed by atoms with Crippen LogP contribution in [0.2, 0.25) is 0 Å². The van der Waals surface area contributed by atoms with Crippen LogP contribution in [-0.4, -0.2) is 73.1 Å². The number of aromatic hydroxyl groups is 2. The molecule has 0 radical (unpaired) electrons. The smallest absolute Gasteiger partial charge is 0.229 e. The van der Waals surface area contributed by atoms with Crippen molar-refractivity contribution in [3.05, 3.63) is 17.7 Å². The summed E-state index contributed by atoms with van der Waals surface area (Å²) < 4.78 is 10.2. The van der Waals surface area contributed by atoms with E-state index in [0.29, 0.717) is 0 Å². The standard InChI is InChI=1S/C13H18O9/c14-3-5-1-6(16)12(7(17)2-5)22-13-11(20)10(19)9(18)8(4-15)21-13/h1-2,8-11,13-20H,3-4H2/t8-,9-,10-,11-,13+/m1/s1. The molecular formula is C13H18O9. The maximum Gasteiger partial charge on any atom is 0.229 e. The van der Waals surface area contributed by atoms with Gasteiger partial charge in [-0.3, -0.25) is 0 Å². The largest absolute Gasteiger partial charge is 0.504 e. The third kappa shape index (κ3) is 3.09. The number of phenols is 2. The summed E-state index contributed by atoms with van der Waals surface area (Å²) in [7, 11) is 0. The number of rotatable bonds is 4. The van der Waals surface area contributed by atoms with Gasteiger partial charge in [0.25, 0.3) is 0 Å². The maximum atomic E-state index is 9.82. The van der Waals surface area contributed by atoms with Gasteiger partial charge in [-0.1, -0.05) is 0 Å². The Morgan fingerprint density at radius 3 is 2.05 bits per heavy atom. The fourth-order valence-corrected chi connectivity index (χ4v) is 2.15. The van der Waals surface area contributed by atoms with Gasteiger partial charge in [0.2, 0.25) is 12.0 Å². The Morgan fingerprint density at radius 1 is 0.955 bits per heavy atom. The number of hydrogen-bond acceptors (Lipinski definition) is 9. The normalized spacial score (nSPS) is 32.0. The van der Waals surface area contributed by atoms with Crippen molar-refractivity contribution in [2.24, 2.45) is 0 Å². The van der Waals surface area contributed by atoms with Crippen molar-refractivity contribution >= 4 is 0 Å². The molecule has 0 saturated carbocycles. The van der Waals surface area contributed by atoms with Gasteiger partial charge in [0.15, 0.2) is 11.5 Å². The fourth-order valence-electron chi connectivity index (χ4n) is 2.15. The summed E-state index contributed by atoms with van der Waals surface area (Å²) in [5.74, 6) is -1.46. The summed E-state index contributed by atoms with van der Waals surface area (Å²) in [4.78, 5) is 0. The minimum Gasteiger partial charge on any atom is -0.504 e. The number of aliphatic hydroxyl groups is 5. The van der Waals surface area contributed by atoms with E-state index in [1.807, 2.05) is 0 Å². The van der Waals surface area contributed by atoms with Crippen molar-refractivity contribution in [2.75, 3.05) is 6.61 Å². The van der Waals surface area contributed by atoms with Crippen LogP contribution in [0.4, 0.5) is 0 Å². The van der Waals surface area contributed by atoms with Crippen LogP contribution in [0.3, 0.4) is 0 Å². The topological polar surface area (TPSA) is 160 Å². The molecule has 1 heterocycles. The summed E-state index contributed by atoms with van der Waals surface area (Å²) in [6, 6.07) is 2.28. The summed E-state index contributed by atoms with van der Waals surface area (Å²) in [6.45, 7) is -1.05. The Bertz CT molecular complexity index is 495.